The van der Waals surface area contributed by atoms with Crippen LogP contribution in [0, 0.1) is 5.92 Å². The maximum atomic E-state index is 5.67. The third kappa shape index (κ3) is 5.59. The van der Waals surface area contributed by atoms with Crippen LogP contribution in [0.2, 0.25) is 0 Å². The SMILES string of the molecule is CCCNC(Cc1ccc(Br)cn1)C(OC)C(C)C. The van der Waals surface area contributed by atoms with Gasteiger partial charge in [0.15, 0.2) is 0 Å². The van der Waals surface area contributed by atoms with Crippen molar-refractivity contribution in [2.75, 3.05) is 13.7 Å². The fourth-order valence-electron chi connectivity index (χ4n) is 2.29. The first-order chi connectivity index (χ1) is 9.08. The van der Waals surface area contributed by atoms with E-state index in [1.807, 2.05) is 12.3 Å². The lowest BCUT2D eigenvalue weighted by Crippen LogP contribution is -2.45. The monoisotopic (exact) mass is 328 g/mol. The molecule has 0 fully saturated rings. The Balaban J connectivity index is 2.75. The van der Waals surface area contributed by atoms with E-state index >= 15 is 0 Å². The number of nitrogens with one attached hydrogen (secondary N) is 1. The summed E-state index contributed by atoms with van der Waals surface area (Å²) in [5.74, 6) is 0.481. The molecule has 0 bridgehead atoms. The average molecular weight is 329 g/mol. The summed E-state index contributed by atoms with van der Waals surface area (Å²) in [4.78, 5) is 4.46. The molecule has 0 aliphatic rings. The molecule has 0 spiro atoms. The van der Waals surface area contributed by atoms with Gasteiger partial charge in [-0.1, -0.05) is 20.8 Å². The van der Waals surface area contributed by atoms with E-state index in [1.54, 1.807) is 7.11 Å². The Morgan fingerprint density at radius 3 is 2.58 bits per heavy atom. The smallest absolute Gasteiger partial charge is 0.0750 e. The number of hydrogen-bond donors (Lipinski definition) is 1. The highest BCUT2D eigenvalue weighted by molar-refractivity contribution is 9.10. The molecule has 1 aromatic heterocycles. The van der Waals surface area contributed by atoms with Crippen LogP contribution < -0.4 is 5.32 Å². The molecule has 3 nitrogen and oxygen atoms in total. The summed E-state index contributed by atoms with van der Waals surface area (Å²) in [5, 5.41) is 3.59. The van der Waals surface area contributed by atoms with E-state index in [1.165, 1.54) is 0 Å². The van der Waals surface area contributed by atoms with E-state index in [0.29, 0.717) is 12.0 Å². The van der Waals surface area contributed by atoms with Crippen molar-refractivity contribution >= 4 is 15.9 Å². The Bertz CT molecular complexity index is 354. The minimum absolute atomic E-state index is 0.206. The van der Waals surface area contributed by atoms with Gasteiger partial charge >= 0.3 is 0 Å². The molecular weight excluding hydrogens is 304 g/mol. The largest absolute Gasteiger partial charge is 0.380 e. The number of halogens is 1. The van der Waals surface area contributed by atoms with Gasteiger partial charge in [0.25, 0.3) is 0 Å². The maximum Gasteiger partial charge on any atom is 0.0750 e. The molecule has 0 aromatic carbocycles. The highest BCUT2D eigenvalue weighted by Crippen LogP contribution is 2.15. The van der Waals surface area contributed by atoms with Gasteiger partial charge in [-0.2, -0.15) is 0 Å². The average Bonchev–Trinajstić information content (AvgIpc) is 2.38. The van der Waals surface area contributed by atoms with Gasteiger partial charge in [0, 0.05) is 35.9 Å². The third-order valence-electron chi connectivity index (χ3n) is 3.20. The first-order valence-corrected chi connectivity index (χ1v) is 7.74. The van der Waals surface area contributed by atoms with Crippen molar-refractivity contribution in [2.45, 2.75) is 45.8 Å². The number of hydrogen-bond acceptors (Lipinski definition) is 3. The lowest BCUT2D eigenvalue weighted by atomic mass is 9.95. The molecule has 1 N–H and O–H groups in total. The molecule has 1 aromatic rings. The predicted octanol–water partition coefficient (Wildman–Crippen LogP) is 3.43. The normalized spacial score (nSPS) is 14.6. The van der Waals surface area contributed by atoms with Crippen LogP contribution in [0.15, 0.2) is 22.8 Å². The molecule has 108 valence electrons. The molecule has 0 aliphatic carbocycles. The molecule has 0 radical (unpaired) electrons. The highest BCUT2D eigenvalue weighted by Gasteiger charge is 2.24. The fraction of sp³-hybridized carbons (Fsp3) is 0.667. The van der Waals surface area contributed by atoms with E-state index in [0.717, 1.165) is 29.6 Å². The van der Waals surface area contributed by atoms with E-state index in [9.17, 15) is 0 Å². The second-order valence-corrected chi connectivity index (χ2v) is 6.09. The second kappa shape index (κ2) is 8.67. The van der Waals surface area contributed by atoms with Crippen LogP contribution in [0.1, 0.15) is 32.9 Å². The van der Waals surface area contributed by atoms with Gasteiger partial charge in [-0.3, -0.25) is 4.98 Å². The van der Waals surface area contributed by atoms with Gasteiger partial charge in [-0.25, -0.2) is 0 Å². The third-order valence-corrected chi connectivity index (χ3v) is 3.67. The molecule has 0 aliphatic heterocycles. The Hall–Kier alpha value is -0.450. The zero-order chi connectivity index (χ0) is 14.3. The maximum absolute atomic E-state index is 5.67. The van der Waals surface area contributed by atoms with Crippen molar-refractivity contribution in [3.05, 3.63) is 28.5 Å². The van der Waals surface area contributed by atoms with Crippen LogP contribution in [0.25, 0.3) is 0 Å². The molecule has 4 heteroatoms. The number of ether oxygens (including phenoxy) is 1. The summed E-state index contributed by atoms with van der Waals surface area (Å²) >= 11 is 3.42. The second-order valence-electron chi connectivity index (χ2n) is 5.18. The standard InChI is InChI=1S/C15H25BrN2O/c1-5-8-17-14(15(19-4)11(2)3)9-13-7-6-12(16)10-18-13/h6-7,10-11,14-15,17H,5,8-9H2,1-4H3. The number of nitrogens with zero attached hydrogens (tertiary/aromatic N) is 1. The molecule has 19 heavy (non-hydrogen) atoms. The van der Waals surface area contributed by atoms with Crippen molar-refractivity contribution in [1.82, 2.24) is 10.3 Å². The lowest BCUT2D eigenvalue weighted by Gasteiger charge is -2.29. The highest BCUT2D eigenvalue weighted by atomic mass is 79.9. The van der Waals surface area contributed by atoms with Crippen molar-refractivity contribution in [2.24, 2.45) is 5.92 Å². The summed E-state index contributed by atoms with van der Waals surface area (Å²) in [6.45, 7) is 7.58. The molecule has 0 amide bonds. The molecular formula is C15H25BrN2O. The Morgan fingerprint density at radius 2 is 2.11 bits per heavy atom. The van der Waals surface area contributed by atoms with Crippen LogP contribution in [-0.2, 0) is 11.2 Å². The molecule has 0 saturated carbocycles. The summed E-state index contributed by atoms with van der Waals surface area (Å²) in [7, 11) is 1.79. The van der Waals surface area contributed by atoms with Crippen LogP contribution in [-0.4, -0.2) is 30.8 Å². The minimum Gasteiger partial charge on any atom is -0.380 e. The number of methoxy groups -OCH3 is 1. The van der Waals surface area contributed by atoms with E-state index in [4.69, 9.17) is 4.74 Å². The fourth-order valence-corrected chi connectivity index (χ4v) is 2.52. The zero-order valence-corrected chi connectivity index (χ0v) is 13.9. The van der Waals surface area contributed by atoms with Gasteiger partial charge < -0.3 is 10.1 Å². The van der Waals surface area contributed by atoms with Gasteiger partial charge in [0.05, 0.1) is 6.10 Å². The molecule has 1 rings (SSSR count). The van der Waals surface area contributed by atoms with E-state index < -0.39 is 0 Å². The number of pyridine rings is 1. The topological polar surface area (TPSA) is 34.2 Å². The molecule has 2 unspecified atom stereocenters. The lowest BCUT2D eigenvalue weighted by molar-refractivity contribution is 0.0330. The van der Waals surface area contributed by atoms with Crippen molar-refractivity contribution in [3.8, 4) is 0 Å². The summed E-state index contributed by atoms with van der Waals surface area (Å²) in [6, 6.07) is 4.41. The van der Waals surface area contributed by atoms with Crippen LogP contribution in [0.5, 0.6) is 0 Å². The van der Waals surface area contributed by atoms with E-state index in [-0.39, 0.29) is 6.10 Å². The predicted molar refractivity (Wildman–Crippen MR) is 83.4 cm³/mol. The summed E-state index contributed by atoms with van der Waals surface area (Å²) < 4.78 is 6.68. The van der Waals surface area contributed by atoms with Crippen molar-refractivity contribution in [3.63, 3.8) is 0 Å². The van der Waals surface area contributed by atoms with Crippen LogP contribution in [0.4, 0.5) is 0 Å². The first kappa shape index (κ1) is 16.6. The van der Waals surface area contributed by atoms with Gasteiger partial charge in [-0.15, -0.1) is 0 Å². The zero-order valence-electron chi connectivity index (χ0n) is 12.3. The molecule has 0 saturated heterocycles. The summed E-state index contributed by atoms with van der Waals surface area (Å²) in [5.41, 5.74) is 1.10. The molecule has 1 heterocycles. The molecule has 2 atom stereocenters. The van der Waals surface area contributed by atoms with Crippen molar-refractivity contribution in [1.29, 1.82) is 0 Å². The summed E-state index contributed by atoms with van der Waals surface area (Å²) in [6.07, 6.45) is 4.07. The van der Waals surface area contributed by atoms with E-state index in [2.05, 4.69) is 53.1 Å². The number of rotatable bonds is 8. The Kier molecular flexibility index (Phi) is 7.57. The van der Waals surface area contributed by atoms with Gasteiger partial charge in [-0.05, 0) is 46.9 Å². The number of aromatic nitrogens is 1. The van der Waals surface area contributed by atoms with Crippen molar-refractivity contribution < 1.29 is 4.74 Å². The quantitative estimate of drug-likeness (QED) is 0.793. The van der Waals surface area contributed by atoms with Gasteiger partial charge in [0.2, 0.25) is 0 Å². The van der Waals surface area contributed by atoms with Gasteiger partial charge in [0.1, 0.15) is 0 Å². The minimum atomic E-state index is 0.206. The van der Waals surface area contributed by atoms with Crippen LogP contribution in [0.3, 0.4) is 0 Å². The van der Waals surface area contributed by atoms with Crippen LogP contribution >= 0.6 is 15.9 Å². The Morgan fingerprint density at radius 1 is 1.37 bits per heavy atom. The Labute approximate surface area is 125 Å². The first-order valence-electron chi connectivity index (χ1n) is 6.95.